The van der Waals surface area contributed by atoms with Crippen LogP contribution in [0, 0.1) is 0 Å². The number of hydrogen-bond donors (Lipinski definition) is 1. The Morgan fingerprint density at radius 1 is 1.55 bits per heavy atom. The molecular weight excluding hydrogens is 185 g/mol. The van der Waals surface area contributed by atoms with Crippen molar-refractivity contribution in [2.24, 2.45) is 0 Å². The molecule has 11 heavy (non-hydrogen) atoms. The Bertz CT molecular complexity index is 156. The predicted molar refractivity (Wildman–Crippen MR) is 25.6 cm³/mol. The third-order valence-electron chi connectivity index (χ3n) is 0.694. The molecule has 0 rings (SSSR count). The number of hydrogen-bond acceptors (Lipinski definition) is 5. The van der Waals surface area contributed by atoms with Gasteiger partial charge in [0.1, 0.15) is 6.10 Å². The maximum Gasteiger partial charge on any atom is 0.266 e. The summed E-state index contributed by atoms with van der Waals surface area (Å²) >= 11 is 0. The lowest BCUT2D eigenvalue weighted by Gasteiger charge is -2.29. The van der Waals surface area contributed by atoms with Gasteiger partial charge in [-0.1, -0.05) is 0 Å². The number of alkyl halides is 2. The Kier molecular flexibility index (Phi) is 4.05. The molecule has 68 valence electrons. The highest BCUT2D eigenvalue weighted by Crippen LogP contribution is 2.24. The summed E-state index contributed by atoms with van der Waals surface area (Å²) in [6, 6.07) is 0. The van der Waals surface area contributed by atoms with Crippen molar-refractivity contribution in [3.05, 3.63) is 0 Å². The van der Waals surface area contributed by atoms with Crippen LogP contribution in [0.4, 0.5) is 8.78 Å². The molecule has 1 atom stereocenters. The second-order valence-electron chi connectivity index (χ2n) is 1.64. The van der Waals surface area contributed by atoms with Crippen LogP contribution in [0.25, 0.3) is 0 Å². The first kappa shape index (κ1) is 10.9. The number of phosphoric acid groups is 1. The van der Waals surface area contributed by atoms with Gasteiger partial charge in [-0.3, -0.25) is 0 Å². The summed E-state index contributed by atoms with van der Waals surface area (Å²) in [6.45, 7) is -1.21. The van der Waals surface area contributed by atoms with Gasteiger partial charge < -0.3 is 24.0 Å². The van der Waals surface area contributed by atoms with Crippen molar-refractivity contribution in [1.29, 1.82) is 0 Å². The zero-order chi connectivity index (χ0) is 9.07. The lowest BCUT2D eigenvalue weighted by molar-refractivity contribution is -0.343. The summed E-state index contributed by atoms with van der Waals surface area (Å²) in [5.74, 6) is 0. The van der Waals surface area contributed by atoms with Crippen LogP contribution < -0.4 is 9.79 Å². The van der Waals surface area contributed by atoms with Crippen LogP contribution in [-0.4, -0.2) is 24.2 Å². The van der Waals surface area contributed by atoms with Gasteiger partial charge in [-0.25, -0.2) is 8.78 Å². The first-order valence-corrected chi connectivity index (χ1v) is 3.92. The first-order chi connectivity index (χ1) is 4.83. The minimum atomic E-state index is -5.25. The van der Waals surface area contributed by atoms with Crippen molar-refractivity contribution in [3.63, 3.8) is 0 Å². The molecule has 0 saturated heterocycles. The Labute approximate surface area is 60.8 Å². The summed E-state index contributed by atoms with van der Waals surface area (Å²) < 4.78 is 35.8. The lowest BCUT2D eigenvalue weighted by Crippen LogP contribution is -2.27. The third kappa shape index (κ3) is 6.33. The monoisotopic (exact) mass is 190 g/mol. The fraction of sp³-hybridized carbons (Fsp3) is 1.00. The molecule has 0 aliphatic heterocycles. The highest BCUT2D eigenvalue weighted by atomic mass is 31.2. The molecule has 0 heterocycles. The zero-order valence-corrected chi connectivity index (χ0v) is 6.04. The van der Waals surface area contributed by atoms with Crippen molar-refractivity contribution < 1.29 is 32.8 Å². The molecule has 1 unspecified atom stereocenters. The standard InChI is InChI=1S/C3H7F2O5P/c4-3(5)2(6)1-10-11(7,8)9/h2-3,6H,1H2,(H2,7,8,9)/p-2. The van der Waals surface area contributed by atoms with Crippen molar-refractivity contribution in [2.75, 3.05) is 6.61 Å². The van der Waals surface area contributed by atoms with E-state index >= 15 is 0 Å². The zero-order valence-electron chi connectivity index (χ0n) is 5.15. The molecule has 0 aliphatic rings. The molecule has 8 heteroatoms. The van der Waals surface area contributed by atoms with E-state index in [0.717, 1.165) is 0 Å². The van der Waals surface area contributed by atoms with E-state index in [9.17, 15) is 23.1 Å². The van der Waals surface area contributed by atoms with Gasteiger partial charge in [0.05, 0.1) is 14.4 Å². The topological polar surface area (TPSA) is 92.7 Å². The first-order valence-electron chi connectivity index (χ1n) is 2.46. The molecule has 0 aromatic heterocycles. The third-order valence-corrected chi connectivity index (χ3v) is 1.16. The van der Waals surface area contributed by atoms with Gasteiger partial charge in [-0.2, -0.15) is 0 Å². The van der Waals surface area contributed by atoms with Crippen LogP contribution in [-0.2, 0) is 9.09 Å². The van der Waals surface area contributed by atoms with E-state index in [2.05, 4.69) is 4.52 Å². The van der Waals surface area contributed by atoms with Crippen LogP contribution in [0.3, 0.4) is 0 Å². The fourth-order valence-corrected chi connectivity index (χ4v) is 0.576. The van der Waals surface area contributed by atoms with E-state index in [0.29, 0.717) is 0 Å². The highest BCUT2D eigenvalue weighted by Gasteiger charge is 2.16. The lowest BCUT2D eigenvalue weighted by atomic mass is 10.4. The van der Waals surface area contributed by atoms with E-state index in [4.69, 9.17) is 5.11 Å². The molecule has 0 aromatic rings. The maximum atomic E-state index is 11.4. The molecule has 0 spiro atoms. The number of aliphatic hydroxyl groups excluding tert-OH is 1. The van der Waals surface area contributed by atoms with Crippen LogP contribution in [0.5, 0.6) is 0 Å². The van der Waals surface area contributed by atoms with E-state index < -0.39 is 27.0 Å². The average molecular weight is 190 g/mol. The van der Waals surface area contributed by atoms with Gasteiger partial charge >= 0.3 is 0 Å². The molecule has 0 saturated carbocycles. The predicted octanol–water partition coefficient (Wildman–Crippen LogP) is -1.54. The molecule has 0 aliphatic carbocycles. The Hall–Kier alpha value is -0.0700. The molecule has 0 fully saturated rings. The largest absolute Gasteiger partial charge is 0.790 e. The minimum Gasteiger partial charge on any atom is -0.790 e. The SMILES string of the molecule is O=P([O-])([O-])OCC(O)C(F)F. The van der Waals surface area contributed by atoms with E-state index in [1.165, 1.54) is 0 Å². The van der Waals surface area contributed by atoms with Gasteiger partial charge in [0.2, 0.25) is 0 Å². The van der Waals surface area contributed by atoms with Crippen LogP contribution in [0.15, 0.2) is 0 Å². The molecule has 0 aromatic carbocycles. The Balaban J connectivity index is 3.63. The molecule has 0 bridgehead atoms. The minimum absolute atomic E-state index is 1.21. The maximum absolute atomic E-state index is 11.4. The van der Waals surface area contributed by atoms with Gasteiger partial charge in [0.15, 0.2) is 0 Å². The summed E-state index contributed by atoms with van der Waals surface area (Å²) in [5.41, 5.74) is 0. The van der Waals surface area contributed by atoms with Crippen LogP contribution in [0.2, 0.25) is 0 Å². The number of aliphatic hydroxyl groups is 1. The van der Waals surface area contributed by atoms with E-state index in [1.807, 2.05) is 0 Å². The highest BCUT2D eigenvalue weighted by molar-refractivity contribution is 7.43. The van der Waals surface area contributed by atoms with Gasteiger partial charge in [0.25, 0.3) is 6.43 Å². The molecule has 1 N–H and O–H groups in total. The van der Waals surface area contributed by atoms with Crippen molar-refractivity contribution >= 4 is 7.82 Å². The fourth-order valence-electron chi connectivity index (χ4n) is 0.240. The average Bonchev–Trinajstić information content (AvgIpc) is 1.80. The van der Waals surface area contributed by atoms with Gasteiger partial charge in [-0.05, 0) is 0 Å². The Morgan fingerprint density at radius 3 is 2.27 bits per heavy atom. The molecule has 0 amide bonds. The van der Waals surface area contributed by atoms with Gasteiger partial charge in [-0.15, -0.1) is 0 Å². The second kappa shape index (κ2) is 4.08. The van der Waals surface area contributed by atoms with Crippen molar-refractivity contribution in [2.45, 2.75) is 12.5 Å². The molecular formula is C3H5F2O5P-2. The van der Waals surface area contributed by atoms with E-state index in [-0.39, 0.29) is 0 Å². The summed E-state index contributed by atoms with van der Waals surface area (Å²) in [5, 5.41) is 8.22. The smallest absolute Gasteiger partial charge is 0.266 e. The Morgan fingerprint density at radius 2 is 2.00 bits per heavy atom. The van der Waals surface area contributed by atoms with Crippen molar-refractivity contribution in [3.8, 4) is 0 Å². The quantitative estimate of drug-likeness (QED) is 0.542. The molecule has 0 radical (unpaired) electrons. The number of halogens is 2. The number of phosphoric ester groups is 1. The molecule has 5 nitrogen and oxygen atoms in total. The summed E-state index contributed by atoms with van der Waals surface area (Å²) in [4.78, 5) is 19.3. The van der Waals surface area contributed by atoms with Gasteiger partial charge in [0, 0.05) is 0 Å². The van der Waals surface area contributed by atoms with Crippen LogP contribution >= 0.6 is 7.82 Å². The van der Waals surface area contributed by atoms with E-state index in [1.54, 1.807) is 0 Å². The summed E-state index contributed by atoms with van der Waals surface area (Å²) in [6.07, 6.45) is -5.37. The normalized spacial score (nSPS) is 15.5. The number of rotatable bonds is 4. The van der Waals surface area contributed by atoms with Crippen LogP contribution in [0.1, 0.15) is 0 Å². The van der Waals surface area contributed by atoms with Crippen molar-refractivity contribution in [1.82, 2.24) is 0 Å². The summed E-state index contributed by atoms with van der Waals surface area (Å²) in [7, 11) is -5.25. The second-order valence-corrected chi connectivity index (χ2v) is 2.80.